The van der Waals surface area contributed by atoms with Crippen LogP contribution in [0.2, 0.25) is 0 Å². The molecule has 13 aromatic rings. The quantitative estimate of drug-likeness (QED) is 0.136. The highest BCUT2D eigenvalue weighted by molar-refractivity contribution is 6.14. The van der Waals surface area contributed by atoms with Crippen LogP contribution in [0.5, 0.6) is 0 Å². The molecule has 0 aliphatic rings. The zero-order chi connectivity index (χ0) is 50.6. The Labute approximate surface area is 438 Å². The minimum Gasteiger partial charge on any atom is -0.456 e. The highest BCUT2D eigenvalue weighted by Crippen LogP contribution is 2.46. The lowest BCUT2D eigenvalue weighted by Crippen LogP contribution is -2.13. The SMILES string of the molecule is Cc1ccc(-c2ccccc2)cc1N(c1ccc2cc3c(cc2c1)oc1cc2cc(N(c4cc(-c5ccccc5)ccc4C)c4cc(-c5ccccc5)ccc4C)ccc2cc13)c1cc(-c2ccccc2)ccc1C. The number of aryl methyl sites for hydroxylation is 4. The fourth-order valence-corrected chi connectivity index (χ4v) is 11.0. The van der Waals surface area contributed by atoms with Crippen LogP contribution in [0, 0.1) is 27.7 Å². The molecule has 3 nitrogen and oxygen atoms in total. The van der Waals surface area contributed by atoms with Crippen molar-refractivity contribution in [3.05, 3.63) is 277 Å². The third-order valence-electron chi connectivity index (χ3n) is 15.1. The van der Waals surface area contributed by atoms with Gasteiger partial charge in [0.2, 0.25) is 0 Å². The molecule has 0 unspecified atom stereocenters. The van der Waals surface area contributed by atoms with E-state index in [1.165, 1.54) is 66.8 Å². The van der Waals surface area contributed by atoms with Crippen molar-refractivity contribution in [1.82, 2.24) is 0 Å². The van der Waals surface area contributed by atoms with Gasteiger partial charge in [-0.1, -0.05) is 182 Å². The van der Waals surface area contributed by atoms with E-state index in [1.807, 2.05) is 0 Å². The van der Waals surface area contributed by atoms with Crippen molar-refractivity contribution in [3.63, 3.8) is 0 Å². The summed E-state index contributed by atoms with van der Waals surface area (Å²) in [6.45, 7) is 8.86. The topological polar surface area (TPSA) is 19.6 Å². The molecular formula is C72H54N2O. The van der Waals surface area contributed by atoms with E-state index >= 15 is 0 Å². The molecule has 0 radical (unpaired) electrons. The molecule has 0 bridgehead atoms. The Morgan fingerprint density at radius 3 is 0.827 bits per heavy atom. The predicted molar refractivity (Wildman–Crippen MR) is 319 cm³/mol. The van der Waals surface area contributed by atoms with Crippen LogP contribution in [0.1, 0.15) is 22.3 Å². The van der Waals surface area contributed by atoms with E-state index in [4.69, 9.17) is 4.42 Å². The van der Waals surface area contributed by atoms with Gasteiger partial charge in [0.25, 0.3) is 0 Å². The molecule has 1 aromatic heterocycles. The Morgan fingerprint density at radius 2 is 0.533 bits per heavy atom. The van der Waals surface area contributed by atoms with Gasteiger partial charge in [0, 0.05) is 44.9 Å². The standard InChI is InChI=1S/C72H54N2O/c1-47-25-29-57(51-17-9-5-10-18-51)41-67(47)73(68-42-58(30-26-48(68)2)52-19-11-6-12-20-52)63-35-33-55-39-65-66-40-56-34-36-64(38-62(56)46-72(66)75-71(65)45-61(55)37-63)74(69-43-59(31-27-49(69)3)53-21-13-7-14-22-53)70-44-60(32-28-50(70)4)54-23-15-8-16-24-54/h5-46H,1-4H3. The molecule has 0 atom stereocenters. The van der Waals surface area contributed by atoms with E-state index in [9.17, 15) is 0 Å². The summed E-state index contributed by atoms with van der Waals surface area (Å²) in [4.78, 5) is 4.89. The fraction of sp³-hybridized carbons (Fsp3) is 0.0556. The molecule has 13 rings (SSSR count). The van der Waals surface area contributed by atoms with E-state index in [0.717, 1.165) is 77.6 Å². The number of hydrogen-bond donors (Lipinski definition) is 0. The van der Waals surface area contributed by atoms with Gasteiger partial charge in [-0.05, 0) is 189 Å². The van der Waals surface area contributed by atoms with E-state index in [2.05, 4.69) is 292 Å². The third kappa shape index (κ3) is 8.49. The maximum atomic E-state index is 6.92. The summed E-state index contributed by atoms with van der Waals surface area (Å²) in [5, 5.41) is 6.75. The van der Waals surface area contributed by atoms with E-state index in [0.29, 0.717) is 0 Å². The van der Waals surface area contributed by atoms with Crippen LogP contribution in [0.4, 0.5) is 34.1 Å². The maximum absolute atomic E-state index is 6.92. The van der Waals surface area contributed by atoms with Gasteiger partial charge in [-0.3, -0.25) is 0 Å². The number of furan rings is 1. The number of hydrogen-bond acceptors (Lipinski definition) is 3. The molecule has 358 valence electrons. The van der Waals surface area contributed by atoms with Crippen molar-refractivity contribution in [2.24, 2.45) is 0 Å². The zero-order valence-electron chi connectivity index (χ0n) is 42.6. The van der Waals surface area contributed by atoms with E-state index < -0.39 is 0 Å². The van der Waals surface area contributed by atoms with Crippen LogP contribution in [-0.4, -0.2) is 0 Å². The Balaban J connectivity index is 0.941. The first-order chi connectivity index (χ1) is 36.8. The third-order valence-corrected chi connectivity index (χ3v) is 15.1. The van der Waals surface area contributed by atoms with Crippen molar-refractivity contribution in [2.45, 2.75) is 27.7 Å². The number of nitrogens with zero attached hydrogens (tertiary/aromatic N) is 2. The average Bonchev–Trinajstić information content (AvgIpc) is 3.83. The second-order valence-electron chi connectivity index (χ2n) is 20.0. The van der Waals surface area contributed by atoms with Gasteiger partial charge in [0.15, 0.2) is 0 Å². The monoisotopic (exact) mass is 962 g/mol. The van der Waals surface area contributed by atoms with Crippen LogP contribution in [-0.2, 0) is 0 Å². The minimum atomic E-state index is 0.865. The summed E-state index contributed by atoms with van der Waals surface area (Å²) >= 11 is 0. The Bertz CT molecular complexity index is 3820. The van der Waals surface area contributed by atoms with Crippen molar-refractivity contribution < 1.29 is 4.42 Å². The first-order valence-electron chi connectivity index (χ1n) is 25.9. The molecule has 0 saturated carbocycles. The summed E-state index contributed by atoms with van der Waals surface area (Å²) in [7, 11) is 0. The normalized spacial score (nSPS) is 11.5. The number of anilines is 6. The molecule has 0 aliphatic heterocycles. The van der Waals surface area contributed by atoms with Gasteiger partial charge < -0.3 is 14.2 Å². The highest BCUT2D eigenvalue weighted by atomic mass is 16.3. The van der Waals surface area contributed by atoms with Gasteiger partial charge in [-0.25, -0.2) is 0 Å². The van der Waals surface area contributed by atoms with Crippen molar-refractivity contribution in [2.75, 3.05) is 9.80 Å². The molecule has 3 heteroatoms. The summed E-state index contributed by atoms with van der Waals surface area (Å²) in [6, 6.07) is 92.8. The van der Waals surface area contributed by atoms with Gasteiger partial charge >= 0.3 is 0 Å². The lowest BCUT2D eigenvalue weighted by atomic mass is 9.98. The van der Waals surface area contributed by atoms with Gasteiger partial charge in [0.05, 0.1) is 0 Å². The Morgan fingerprint density at radius 1 is 0.240 bits per heavy atom. The summed E-state index contributed by atoms with van der Waals surface area (Å²) < 4.78 is 6.92. The van der Waals surface area contributed by atoms with E-state index in [-0.39, 0.29) is 0 Å². The first kappa shape index (κ1) is 45.4. The van der Waals surface area contributed by atoms with Crippen LogP contribution < -0.4 is 9.80 Å². The number of rotatable bonds is 10. The summed E-state index contributed by atoms with van der Waals surface area (Å²) in [6.07, 6.45) is 0. The minimum absolute atomic E-state index is 0.865. The predicted octanol–water partition coefficient (Wildman–Crippen LogP) is 20.7. The Hall–Kier alpha value is -9.44. The molecule has 0 spiro atoms. The summed E-state index contributed by atoms with van der Waals surface area (Å²) in [5.74, 6) is 0. The van der Waals surface area contributed by atoms with Crippen LogP contribution >= 0.6 is 0 Å². The average molecular weight is 963 g/mol. The van der Waals surface area contributed by atoms with Crippen molar-refractivity contribution in [3.8, 4) is 44.5 Å². The smallest absolute Gasteiger partial charge is 0.136 e. The molecule has 0 saturated heterocycles. The van der Waals surface area contributed by atoms with E-state index in [1.54, 1.807) is 0 Å². The molecule has 0 fully saturated rings. The van der Waals surface area contributed by atoms with Crippen molar-refractivity contribution in [1.29, 1.82) is 0 Å². The largest absolute Gasteiger partial charge is 0.456 e. The Kier molecular flexibility index (Phi) is 11.4. The highest BCUT2D eigenvalue weighted by Gasteiger charge is 2.22. The first-order valence-corrected chi connectivity index (χ1v) is 25.9. The molecular weight excluding hydrogens is 909 g/mol. The second-order valence-corrected chi connectivity index (χ2v) is 20.0. The number of fused-ring (bicyclic) bond motifs is 5. The lowest BCUT2D eigenvalue weighted by molar-refractivity contribution is 0.670. The van der Waals surface area contributed by atoms with Crippen molar-refractivity contribution >= 4 is 77.6 Å². The van der Waals surface area contributed by atoms with Gasteiger partial charge in [-0.2, -0.15) is 0 Å². The second kappa shape index (κ2) is 18.9. The molecule has 75 heavy (non-hydrogen) atoms. The number of benzene rings is 12. The van der Waals surface area contributed by atoms with Gasteiger partial charge in [-0.15, -0.1) is 0 Å². The molecule has 0 aliphatic carbocycles. The molecule has 0 N–H and O–H groups in total. The van der Waals surface area contributed by atoms with Crippen LogP contribution in [0.25, 0.3) is 88.0 Å². The fourth-order valence-electron chi connectivity index (χ4n) is 11.0. The zero-order valence-corrected chi connectivity index (χ0v) is 42.6. The van der Waals surface area contributed by atoms with Crippen LogP contribution in [0.15, 0.2) is 259 Å². The van der Waals surface area contributed by atoms with Gasteiger partial charge in [0.1, 0.15) is 11.2 Å². The molecule has 0 amide bonds. The summed E-state index contributed by atoms with van der Waals surface area (Å²) in [5.41, 5.74) is 22.7. The molecule has 1 heterocycles. The molecule has 12 aromatic carbocycles. The van der Waals surface area contributed by atoms with Crippen LogP contribution in [0.3, 0.4) is 0 Å². The lowest BCUT2D eigenvalue weighted by Gasteiger charge is -2.30. The maximum Gasteiger partial charge on any atom is 0.136 e.